The predicted molar refractivity (Wildman–Crippen MR) is 43.7 cm³/mol. The van der Waals surface area contributed by atoms with Gasteiger partial charge in [0.25, 0.3) is 0 Å². The average molecular weight is 188 g/mol. The molecule has 0 spiro atoms. The first kappa shape index (κ1) is 8.99. The quantitative estimate of drug-likeness (QED) is 0.752. The zero-order valence-corrected chi connectivity index (χ0v) is 7.15. The Balaban J connectivity index is 2.91. The Kier molecular flexibility index (Phi) is 2.32. The molecule has 0 aromatic heterocycles. The van der Waals surface area contributed by atoms with E-state index >= 15 is 0 Å². The first-order valence-corrected chi connectivity index (χ1v) is 5.01. The van der Waals surface area contributed by atoms with E-state index in [1.54, 1.807) is 0 Å². The Morgan fingerprint density at radius 3 is 2.75 bits per heavy atom. The lowest BCUT2D eigenvalue weighted by Crippen LogP contribution is -2.09. The smallest absolute Gasteiger partial charge is 0.229 e. The van der Waals surface area contributed by atoms with Crippen molar-refractivity contribution in [2.24, 2.45) is 0 Å². The molecule has 0 fully saturated rings. The third kappa shape index (κ3) is 2.87. The summed E-state index contributed by atoms with van der Waals surface area (Å²) in [5.41, 5.74) is 0.203. The van der Waals surface area contributed by atoms with Gasteiger partial charge in [-0.1, -0.05) is 0 Å². The Hall–Kier alpha value is -1.10. The minimum absolute atomic E-state index is 0.203. The predicted octanol–water partition coefficient (Wildman–Crippen LogP) is 0.997. The average Bonchev–Trinajstić information content (AvgIpc) is 1.82. The van der Waals surface area contributed by atoms with Gasteiger partial charge >= 0.3 is 0 Å². The monoisotopic (exact) mass is 188 g/mol. The summed E-state index contributed by atoms with van der Waals surface area (Å²) in [6, 6.07) is 6.04. The van der Waals surface area contributed by atoms with Crippen LogP contribution >= 0.6 is 0 Å². The molecule has 0 aliphatic carbocycles. The molecule has 0 atom stereocenters. The third-order valence-corrected chi connectivity index (χ3v) is 1.68. The summed E-state index contributed by atoms with van der Waals surface area (Å²) in [5.74, 6) is -0.594. The van der Waals surface area contributed by atoms with Crippen LogP contribution in [0.4, 0.5) is 10.1 Å². The van der Waals surface area contributed by atoms with Crippen LogP contribution in [0, 0.1) is 11.9 Å². The number of sulfonamides is 1. The molecule has 1 radical (unpaired) electrons. The molecule has 1 N–H and O–H groups in total. The molecule has 0 aliphatic rings. The number of nitrogens with one attached hydrogen (secondary N) is 1. The Morgan fingerprint density at radius 2 is 2.25 bits per heavy atom. The third-order valence-electron chi connectivity index (χ3n) is 1.07. The van der Waals surface area contributed by atoms with E-state index in [9.17, 15) is 12.8 Å². The molecule has 3 nitrogen and oxygen atoms in total. The summed E-state index contributed by atoms with van der Waals surface area (Å²) in [5, 5.41) is 0. The van der Waals surface area contributed by atoms with Gasteiger partial charge in [-0.25, -0.2) is 12.8 Å². The Morgan fingerprint density at radius 1 is 1.58 bits per heavy atom. The fourth-order valence-corrected chi connectivity index (χ4v) is 1.27. The van der Waals surface area contributed by atoms with Crippen molar-refractivity contribution in [3.05, 3.63) is 30.1 Å². The maximum absolute atomic E-state index is 12.5. The summed E-state index contributed by atoms with van der Waals surface area (Å²) in [4.78, 5) is 0. The summed E-state index contributed by atoms with van der Waals surface area (Å²) >= 11 is 0. The highest BCUT2D eigenvalue weighted by Crippen LogP contribution is 2.09. The topological polar surface area (TPSA) is 46.2 Å². The Bertz CT molecular complexity index is 375. The number of rotatable bonds is 2. The standard InChI is InChI=1S/C7H7FNO2S/c1-12(10,11)9-7-4-2-3-6(8)5-7/h2,4-5,9H,1H3. The highest BCUT2D eigenvalue weighted by molar-refractivity contribution is 7.92. The Labute approximate surface area is 70.3 Å². The van der Waals surface area contributed by atoms with Crippen molar-refractivity contribution >= 4 is 15.7 Å². The SMILES string of the molecule is CS(=O)(=O)Nc1cc[c]c(F)c1. The van der Waals surface area contributed by atoms with E-state index in [1.807, 2.05) is 0 Å². The normalized spacial score (nSPS) is 11.2. The van der Waals surface area contributed by atoms with Crippen LogP contribution in [0.15, 0.2) is 18.2 Å². The molecule has 1 aromatic rings. The van der Waals surface area contributed by atoms with Gasteiger partial charge in [-0.3, -0.25) is 4.72 Å². The maximum Gasteiger partial charge on any atom is 0.229 e. The second-order valence-electron chi connectivity index (χ2n) is 2.30. The van der Waals surface area contributed by atoms with Gasteiger partial charge in [0.15, 0.2) is 0 Å². The minimum atomic E-state index is -3.32. The number of benzene rings is 1. The van der Waals surface area contributed by atoms with E-state index in [-0.39, 0.29) is 5.69 Å². The van der Waals surface area contributed by atoms with E-state index in [1.165, 1.54) is 12.1 Å². The van der Waals surface area contributed by atoms with Crippen molar-refractivity contribution in [1.82, 2.24) is 0 Å². The van der Waals surface area contributed by atoms with Gasteiger partial charge in [0.2, 0.25) is 10.0 Å². The van der Waals surface area contributed by atoms with E-state index in [0.29, 0.717) is 0 Å². The first-order chi connectivity index (χ1) is 5.47. The van der Waals surface area contributed by atoms with Crippen molar-refractivity contribution in [2.45, 2.75) is 0 Å². The van der Waals surface area contributed by atoms with Gasteiger partial charge < -0.3 is 0 Å². The summed E-state index contributed by atoms with van der Waals surface area (Å²) < 4.78 is 35.9. The zero-order valence-electron chi connectivity index (χ0n) is 6.33. The molecule has 12 heavy (non-hydrogen) atoms. The largest absolute Gasteiger partial charge is 0.284 e. The molecule has 0 bridgehead atoms. The van der Waals surface area contributed by atoms with E-state index in [4.69, 9.17) is 0 Å². The summed E-state index contributed by atoms with van der Waals surface area (Å²) in [6.07, 6.45) is 1.00. The minimum Gasteiger partial charge on any atom is -0.284 e. The van der Waals surface area contributed by atoms with Crippen LogP contribution in [0.25, 0.3) is 0 Å². The molecule has 0 heterocycles. The molecule has 1 rings (SSSR count). The number of halogens is 1. The van der Waals surface area contributed by atoms with Crippen molar-refractivity contribution in [3.63, 3.8) is 0 Å². The molecular weight excluding hydrogens is 181 g/mol. The lowest BCUT2D eigenvalue weighted by Gasteiger charge is -2.01. The van der Waals surface area contributed by atoms with Gasteiger partial charge in [-0.2, -0.15) is 0 Å². The fraction of sp³-hybridized carbons (Fsp3) is 0.143. The lowest BCUT2D eigenvalue weighted by molar-refractivity contribution is 0.606. The molecule has 0 saturated carbocycles. The van der Waals surface area contributed by atoms with Crippen LogP contribution in [0.5, 0.6) is 0 Å². The lowest BCUT2D eigenvalue weighted by atomic mass is 10.3. The van der Waals surface area contributed by atoms with E-state index < -0.39 is 15.8 Å². The van der Waals surface area contributed by atoms with Crippen molar-refractivity contribution in [3.8, 4) is 0 Å². The van der Waals surface area contributed by atoms with E-state index in [2.05, 4.69) is 10.8 Å². The van der Waals surface area contributed by atoms with Gasteiger partial charge in [0.05, 0.1) is 11.9 Å². The van der Waals surface area contributed by atoms with Crippen LogP contribution in [-0.4, -0.2) is 14.7 Å². The van der Waals surface area contributed by atoms with Crippen LogP contribution < -0.4 is 4.72 Å². The highest BCUT2D eigenvalue weighted by Gasteiger charge is 2.01. The molecule has 0 aliphatic heterocycles. The number of hydrogen-bond acceptors (Lipinski definition) is 2. The van der Waals surface area contributed by atoms with Crippen LogP contribution in [-0.2, 0) is 10.0 Å². The van der Waals surface area contributed by atoms with E-state index in [0.717, 1.165) is 12.3 Å². The molecule has 0 amide bonds. The zero-order chi connectivity index (χ0) is 9.19. The summed E-state index contributed by atoms with van der Waals surface area (Å²) in [7, 11) is -3.32. The number of anilines is 1. The van der Waals surface area contributed by atoms with Crippen LogP contribution in [0.3, 0.4) is 0 Å². The number of hydrogen-bond donors (Lipinski definition) is 1. The van der Waals surface area contributed by atoms with Crippen LogP contribution in [0.1, 0.15) is 0 Å². The van der Waals surface area contributed by atoms with Gasteiger partial charge in [-0.05, 0) is 18.2 Å². The van der Waals surface area contributed by atoms with Crippen molar-refractivity contribution < 1.29 is 12.8 Å². The molecular formula is C7H7FNO2S. The van der Waals surface area contributed by atoms with Crippen molar-refractivity contribution in [2.75, 3.05) is 11.0 Å². The molecule has 0 saturated heterocycles. The molecule has 0 unspecified atom stereocenters. The molecule has 5 heteroatoms. The van der Waals surface area contributed by atoms with Gasteiger partial charge in [-0.15, -0.1) is 0 Å². The van der Waals surface area contributed by atoms with Gasteiger partial charge in [0, 0.05) is 6.07 Å². The molecule has 65 valence electrons. The maximum atomic E-state index is 12.5. The second kappa shape index (κ2) is 3.10. The first-order valence-electron chi connectivity index (χ1n) is 3.12. The van der Waals surface area contributed by atoms with Gasteiger partial charge in [0.1, 0.15) is 5.82 Å². The summed E-state index contributed by atoms with van der Waals surface area (Å²) in [6.45, 7) is 0. The highest BCUT2D eigenvalue weighted by atomic mass is 32.2. The van der Waals surface area contributed by atoms with Crippen LogP contribution in [0.2, 0.25) is 0 Å². The fourth-order valence-electron chi connectivity index (χ4n) is 0.715. The second-order valence-corrected chi connectivity index (χ2v) is 4.05. The molecule has 1 aromatic carbocycles. The van der Waals surface area contributed by atoms with Crippen molar-refractivity contribution in [1.29, 1.82) is 0 Å².